The summed E-state index contributed by atoms with van der Waals surface area (Å²) in [6, 6.07) is 26.7. The van der Waals surface area contributed by atoms with Crippen molar-refractivity contribution in [1.29, 1.82) is 0 Å². The zero-order valence-corrected chi connectivity index (χ0v) is 18.3. The molecule has 2 amide bonds. The number of rotatable bonds is 4. The Labute approximate surface area is 192 Å². The molecule has 0 aliphatic carbocycles. The lowest BCUT2D eigenvalue weighted by Crippen LogP contribution is -2.37. The van der Waals surface area contributed by atoms with Crippen molar-refractivity contribution in [1.82, 2.24) is 0 Å². The number of nitrogens with zero attached hydrogens (tertiary/aromatic N) is 1. The third kappa shape index (κ3) is 3.55. The summed E-state index contributed by atoms with van der Waals surface area (Å²) in [4.78, 5) is 28.4. The van der Waals surface area contributed by atoms with Crippen LogP contribution in [0.5, 0.6) is 0 Å². The maximum absolute atomic E-state index is 13.7. The predicted octanol–water partition coefficient (Wildman–Crippen LogP) is 6.94. The van der Waals surface area contributed by atoms with Crippen LogP contribution in [0.3, 0.4) is 0 Å². The van der Waals surface area contributed by atoms with E-state index >= 15 is 0 Å². The summed E-state index contributed by atoms with van der Waals surface area (Å²) in [6.45, 7) is 0. The monoisotopic (exact) mass is 485 g/mol. The van der Waals surface area contributed by atoms with Gasteiger partial charge in [0.15, 0.2) is 11.5 Å². The Hall–Kier alpha value is -3.90. The van der Waals surface area contributed by atoms with Crippen molar-refractivity contribution < 1.29 is 18.4 Å². The number of benzene rings is 3. The number of imide groups is 1. The molecule has 0 atom stereocenters. The maximum Gasteiger partial charge on any atom is 0.301 e. The summed E-state index contributed by atoms with van der Waals surface area (Å²) in [6.07, 6.45) is 1.40. The Kier molecular flexibility index (Phi) is 5.21. The van der Waals surface area contributed by atoms with Crippen LogP contribution in [0.4, 0.5) is 5.69 Å². The number of carbonyl (C=O) groups excluding carboxylic acids is 2. The first-order chi connectivity index (χ1) is 15.6. The van der Waals surface area contributed by atoms with Gasteiger partial charge in [-0.1, -0.05) is 64.5 Å². The Bertz CT molecular complexity index is 1410. The fourth-order valence-electron chi connectivity index (χ4n) is 3.58. The molecule has 0 unspecified atom stereocenters. The molecule has 2 heterocycles. The molecule has 0 aliphatic rings. The molecular weight excluding hydrogens is 470 g/mol. The zero-order chi connectivity index (χ0) is 22.1. The highest BCUT2D eigenvalue weighted by Gasteiger charge is 2.33. The number of carbonyl (C=O) groups is 2. The second-order valence-corrected chi connectivity index (χ2v) is 7.99. The van der Waals surface area contributed by atoms with E-state index in [0.717, 1.165) is 14.9 Å². The molecule has 6 heteroatoms. The first-order valence-electron chi connectivity index (χ1n) is 9.88. The second kappa shape index (κ2) is 8.32. The van der Waals surface area contributed by atoms with Crippen LogP contribution in [0.1, 0.15) is 20.9 Å². The Morgan fingerprint density at radius 2 is 1.50 bits per heavy atom. The van der Waals surface area contributed by atoms with Crippen molar-refractivity contribution >= 4 is 44.4 Å². The fraction of sp³-hybridized carbons (Fsp3) is 0. The first kappa shape index (κ1) is 20.0. The molecule has 0 bridgehead atoms. The van der Waals surface area contributed by atoms with Crippen LogP contribution >= 0.6 is 15.9 Å². The zero-order valence-electron chi connectivity index (χ0n) is 16.7. The van der Waals surface area contributed by atoms with E-state index in [1.165, 1.54) is 12.3 Å². The molecule has 5 aromatic rings. The molecule has 0 N–H and O–H groups in total. The van der Waals surface area contributed by atoms with Gasteiger partial charge in [-0.25, -0.2) is 4.90 Å². The van der Waals surface area contributed by atoms with Crippen LogP contribution in [0.25, 0.3) is 22.3 Å². The largest absolute Gasteiger partial charge is 0.459 e. The highest BCUT2D eigenvalue weighted by molar-refractivity contribution is 9.10. The minimum Gasteiger partial charge on any atom is -0.459 e. The summed E-state index contributed by atoms with van der Waals surface area (Å²) < 4.78 is 12.3. The molecule has 5 rings (SSSR count). The van der Waals surface area contributed by atoms with Crippen LogP contribution in [0.2, 0.25) is 0 Å². The molecule has 0 spiro atoms. The summed E-state index contributed by atoms with van der Waals surface area (Å²) in [5, 5.41) is 0.627. The molecule has 0 aliphatic heterocycles. The van der Waals surface area contributed by atoms with E-state index in [4.69, 9.17) is 8.83 Å². The van der Waals surface area contributed by atoms with Gasteiger partial charge in [-0.05, 0) is 42.5 Å². The van der Waals surface area contributed by atoms with Gasteiger partial charge < -0.3 is 8.83 Å². The van der Waals surface area contributed by atoms with Crippen LogP contribution in [-0.2, 0) is 0 Å². The minimum absolute atomic E-state index is 0.0534. The molecule has 32 heavy (non-hydrogen) atoms. The molecule has 2 aromatic heterocycles. The fourth-order valence-corrected chi connectivity index (χ4v) is 3.94. The molecular formula is C26H16BrNO4. The van der Waals surface area contributed by atoms with E-state index in [1.807, 2.05) is 48.5 Å². The van der Waals surface area contributed by atoms with Gasteiger partial charge in [-0.15, -0.1) is 0 Å². The van der Waals surface area contributed by atoms with E-state index in [2.05, 4.69) is 15.9 Å². The van der Waals surface area contributed by atoms with Crippen LogP contribution in [0.15, 0.2) is 111 Å². The summed E-state index contributed by atoms with van der Waals surface area (Å²) in [5.41, 5.74) is 2.03. The van der Waals surface area contributed by atoms with E-state index in [1.54, 1.807) is 36.4 Å². The number of hydrogen-bond donors (Lipinski definition) is 0. The van der Waals surface area contributed by atoms with Crippen molar-refractivity contribution in [2.45, 2.75) is 0 Å². The van der Waals surface area contributed by atoms with E-state index < -0.39 is 11.8 Å². The van der Waals surface area contributed by atoms with Crippen molar-refractivity contribution in [2.75, 3.05) is 4.90 Å². The number of fused-ring (bicyclic) bond motifs is 1. The number of furan rings is 2. The smallest absolute Gasteiger partial charge is 0.301 e. The van der Waals surface area contributed by atoms with Gasteiger partial charge in [0, 0.05) is 21.0 Å². The average Bonchev–Trinajstić information content (AvgIpc) is 3.49. The molecule has 0 saturated carbocycles. The van der Waals surface area contributed by atoms with Gasteiger partial charge in [0.25, 0.3) is 5.91 Å². The molecule has 0 fully saturated rings. The standard InChI is InChI=1S/C26H16BrNO4/c27-19-13-14-21-20(16-19)23(24(32-21)17-8-3-1-4-9-17)28(26(30)22-12-7-15-31-22)25(29)18-10-5-2-6-11-18/h1-16H. The highest BCUT2D eigenvalue weighted by atomic mass is 79.9. The van der Waals surface area contributed by atoms with Crippen molar-refractivity contribution in [3.8, 4) is 11.3 Å². The summed E-state index contributed by atoms with van der Waals surface area (Å²) >= 11 is 3.49. The van der Waals surface area contributed by atoms with Gasteiger partial charge in [-0.2, -0.15) is 0 Å². The van der Waals surface area contributed by atoms with E-state index in [-0.39, 0.29) is 5.76 Å². The highest BCUT2D eigenvalue weighted by Crippen LogP contribution is 2.42. The molecule has 3 aromatic carbocycles. The maximum atomic E-state index is 13.7. The SMILES string of the molecule is O=C(c1ccccc1)N(C(=O)c1ccco1)c1c(-c2ccccc2)oc2ccc(Br)cc12. The molecule has 156 valence electrons. The first-order valence-corrected chi connectivity index (χ1v) is 10.7. The number of halogens is 1. The van der Waals surface area contributed by atoms with E-state index in [9.17, 15) is 9.59 Å². The third-order valence-electron chi connectivity index (χ3n) is 5.04. The minimum atomic E-state index is -0.580. The Morgan fingerprint density at radius 1 is 0.781 bits per heavy atom. The van der Waals surface area contributed by atoms with Crippen molar-refractivity contribution in [3.05, 3.63) is 113 Å². The van der Waals surface area contributed by atoms with Gasteiger partial charge in [0.2, 0.25) is 0 Å². The predicted molar refractivity (Wildman–Crippen MR) is 126 cm³/mol. The Morgan fingerprint density at radius 3 is 2.19 bits per heavy atom. The van der Waals surface area contributed by atoms with Crippen LogP contribution in [0, 0.1) is 0 Å². The Balaban J connectivity index is 1.81. The number of anilines is 1. The molecule has 0 saturated heterocycles. The van der Waals surface area contributed by atoms with Gasteiger partial charge in [0.05, 0.1) is 6.26 Å². The lowest BCUT2D eigenvalue weighted by Gasteiger charge is -2.20. The van der Waals surface area contributed by atoms with Crippen molar-refractivity contribution in [2.24, 2.45) is 0 Å². The number of amides is 2. The summed E-state index contributed by atoms with van der Waals surface area (Å²) in [7, 11) is 0. The molecule has 5 nitrogen and oxygen atoms in total. The molecule has 0 radical (unpaired) electrons. The van der Waals surface area contributed by atoms with Gasteiger partial charge >= 0.3 is 5.91 Å². The van der Waals surface area contributed by atoms with Crippen LogP contribution < -0.4 is 4.90 Å². The third-order valence-corrected chi connectivity index (χ3v) is 5.54. The topological polar surface area (TPSA) is 63.7 Å². The lowest BCUT2D eigenvalue weighted by molar-refractivity contribution is 0.0881. The van der Waals surface area contributed by atoms with Crippen LogP contribution in [-0.4, -0.2) is 11.8 Å². The summed E-state index contributed by atoms with van der Waals surface area (Å²) in [5.74, 6) is -0.587. The second-order valence-electron chi connectivity index (χ2n) is 7.08. The lowest BCUT2D eigenvalue weighted by atomic mass is 10.1. The van der Waals surface area contributed by atoms with E-state index in [0.29, 0.717) is 28.0 Å². The van der Waals surface area contributed by atoms with Crippen molar-refractivity contribution in [3.63, 3.8) is 0 Å². The van der Waals surface area contributed by atoms with Gasteiger partial charge in [0.1, 0.15) is 11.3 Å². The normalized spacial score (nSPS) is 10.9. The van der Waals surface area contributed by atoms with Gasteiger partial charge in [-0.3, -0.25) is 9.59 Å². The number of hydrogen-bond acceptors (Lipinski definition) is 4. The average molecular weight is 486 g/mol. The quantitative estimate of drug-likeness (QED) is 0.258.